The van der Waals surface area contributed by atoms with Crippen molar-refractivity contribution in [1.82, 2.24) is 4.98 Å². The Bertz CT molecular complexity index is 1220. The van der Waals surface area contributed by atoms with Crippen LogP contribution in [0.4, 0.5) is 13.2 Å². The van der Waals surface area contributed by atoms with Crippen LogP contribution in [0.15, 0.2) is 45.8 Å². The van der Waals surface area contributed by atoms with Gasteiger partial charge >= 0.3 is 0 Å². The van der Waals surface area contributed by atoms with Gasteiger partial charge in [-0.15, -0.1) is 0 Å². The third-order valence-electron chi connectivity index (χ3n) is 5.79. The first-order valence-electron chi connectivity index (χ1n) is 11.8. The summed E-state index contributed by atoms with van der Waals surface area (Å²) in [7, 11) is 0. The summed E-state index contributed by atoms with van der Waals surface area (Å²) < 4.78 is 47.2. The number of halogens is 4. The Morgan fingerprint density at radius 1 is 1.11 bits per heavy atom. The molecule has 1 heterocycles. The Hall–Kier alpha value is -2.86. The van der Waals surface area contributed by atoms with Crippen LogP contribution in [0.25, 0.3) is 5.57 Å². The van der Waals surface area contributed by atoms with E-state index in [4.69, 9.17) is 21.0 Å². The van der Waals surface area contributed by atoms with Gasteiger partial charge in [-0.3, -0.25) is 4.99 Å². The molecule has 0 radical (unpaired) electrons. The van der Waals surface area contributed by atoms with Gasteiger partial charge in [0.2, 0.25) is 0 Å². The van der Waals surface area contributed by atoms with Crippen molar-refractivity contribution in [3.63, 3.8) is 0 Å². The average Bonchev–Trinajstić information content (AvgIpc) is 3.23. The van der Waals surface area contributed by atoms with Crippen LogP contribution in [-0.2, 0) is 12.8 Å². The number of oxazole rings is 1. The fraction of sp³-hybridized carbons (Fsp3) is 0.357. The molecule has 0 bridgehead atoms. The number of hydrogen-bond acceptors (Lipinski definition) is 3. The first-order valence-corrected chi connectivity index (χ1v) is 12.2. The maximum Gasteiger partial charge on any atom is 0.199 e. The first kappa shape index (κ1) is 26.7. The first-order chi connectivity index (χ1) is 16.7. The standard InChI is InChI=1S/C28H30ClF3N2O/c1-5-7-8-19(22-13-20(29)10-9-17(22)3)11-12-33-18(4)28-26(6-2)35-27(34-28)16-23-24(31)14-21(30)15-25(23)32/h8-10,13-15H,5-7,11-12,16H2,1-4H3. The van der Waals surface area contributed by atoms with Crippen molar-refractivity contribution in [2.24, 2.45) is 4.99 Å². The van der Waals surface area contributed by atoms with Gasteiger partial charge in [0.05, 0.1) is 12.1 Å². The molecule has 35 heavy (non-hydrogen) atoms. The summed E-state index contributed by atoms with van der Waals surface area (Å²) in [6, 6.07) is 7.20. The van der Waals surface area contributed by atoms with Gasteiger partial charge in [-0.2, -0.15) is 0 Å². The van der Waals surface area contributed by atoms with Gasteiger partial charge < -0.3 is 4.42 Å². The van der Waals surface area contributed by atoms with Crippen molar-refractivity contribution in [3.05, 3.63) is 92.9 Å². The van der Waals surface area contributed by atoms with Crippen molar-refractivity contribution >= 4 is 22.9 Å². The maximum atomic E-state index is 14.1. The number of aliphatic imine (C=N–C) groups is 1. The lowest BCUT2D eigenvalue weighted by atomic mass is 9.97. The second kappa shape index (κ2) is 12.2. The molecule has 2 aromatic carbocycles. The highest BCUT2D eigenvalue weighted by Crippen LogP contribution is 2.27. The van der Waals surface area contributed by atoms with Crippen molar-refractivity contribution in [1.29, 1.82) is 0 Å². The average molecular weight is 503 g/mol. The molecule has 0 amide bonds. The summed E-state index contributed by atoms with van der Waals surface area (Å²) >= 11 is 6.24. The molecule has 3 rings (SSSR count). The van der Waals surface area contributed by atoms with Crippen LogP contribution in [0.5, 0.6) is 0 Å². The fourth-order valence-electron chi connectivity index (χ4n) is 3.91. The number of nitrogens with zero attached hydrogens (tertiary/aromatic N) is 2. The highest BCUT2D eigenvalue weighted by atomic mass is 35.5. The van der Waals surface area contributed by atoms with Crippen LogP contribution in [0.2, 0.25) is 5.02 Å². The van der Waals surface area contributed by atoms with Gasteiger partial charge in [-0.05, 0) is 55.5 Å². The molecule has 0 saturated heterocycles. The zero-order valence-corrected chi connectivity index (χ0v) is 21.3. The number of rotatable bonds is 10. The third-order valence-corrected chi connectivity index (χ3v) is 6.03. The Labute approximate surface area is 209 Å². The van der Waals surface area contributed by atoms with Gasteiger partial charge in [0.25, 0.3) is 0 Å². The molecule has 3 aromatic rings. The highest BCUT2D eigenvalue weighted by Gasteiger charge is 2.19. The molecule has 7 heteroatoms. The van der Waals surface area contributed by atoms with E-state index in [-0.39, 0.29) is 17.9 Å². The predicted octanol–water partition coefficient (Wildman–Crippen LogP) is 8.29. The lowest BCUT2D eigenvalue weighted by Crippen LogP contribution is -2.03. The molecular weight excluding hydrogens is 473 g/mol. The number of aryl methyl sites for hydroxylation is 2. The topological polar surface area (TPSA) is 38.4 Å². The van der Waals surface area contributed by atoms with E-state index in [0.29, 0.717) is 47.3 Å². The molecule has 0 saturated carbocycles. The van der Waals surface area contributed by atoms with Crippen LogP contribution < -0.4 is 0 Å². The highest BCUT2D eigenvalue weighted by molar-refractivity contribution is 6.30. The minimum atomic E-state index is -0.964. The Morgan fingerprint density at radius 2 is 1.83 bits per heavy atom. The second-order valence-electron chi connectivity index (χ2n) is 8.45. The predicted molar refractivity (Wildman–Crippen MR) is 136 cm³/mol. The molecular formula is C28H30ClF3N2O. The lowest BCUT2D eigenvalue weighted by Gasteiger charge is -2.11. The molecule has 0 atom stereocenters. The van der Waals surface area contributed by atoms with Crippen molar-refractivity contribution in [3.8, 4) is 0 Å². The fourth-order valence-corrected chi connectivity index (χ4v) is 4.09. The molecule has 186 valence electrons. The van der Waals surface area contributed by atoms with Crippen molar-refractivity contribution in [2.45, 2.75) is 59.8 Å². The lowest BCUT2D eigenvalue weighted by molar-refractivity contribution is 0.456. The Morgan fingerprint density at radius 3 is 2.49 bits per heavy atom. The van der Waals surface area contributed by atoms with E-state index in [2.05, 4.69) is 24.9 Å². The van der Waals surface area contributed by atoms with Crippen molar-refractivity contribution < 1.29 is 17.6 Å². The summed E-state index contributed by atoms with van der Waals surface area (Å²) in [6.07, 6.45) is 5.32. The van der Waals surface area contributed by atoms with Crippen LogP contribution in [0.3, 0.4) is 0 Å². The van der Waals surface area contributed by atoms with E-state index in [0.717, 1.165) is 30.4 Å². The summed E-state index contributed by atoms with van der Waals surface area (Å²) in [6.45, 7) is 8.50. The molecule has 0 N–H and O–H groups in total. The number of benzene rings is 2. The smallest absolute Gasteiger partial charge is 0.199 e. The van der Waals surface area contributed by atoms with Gasteiger partial charge in [0.15, 0.2) is 5.89 Å². The minimum Gasteiger partial charge on any atom is -0.445 e. The Kier molecular flexibility index (Phi) is 9.33. The summed E-state index contributed by atoms with van der Waals surface area (Å²) in [5.41, 5.74) is 4.46. The van der Waals surface area contributed by atoms with Crippen LogP contribution in [0, 0.1) is 24.4 Å². The van der Waals surface area contributed by atoms with Crippen LogP contribution >= 0.6 is 11.6 Å². The maximum absolute atomic E-state index is 14.1. The van der Waals surface area contributed by atoms with E-state index >= 15 is 0 Å². The van der Waals surface area contributed by atoms with Crippen molar-refractivity contribution in [2.75, 3.05) is 6.54 Å². The minimum absolute atomic E-state index is 0.161. The molecule has 0 aliphatic rings. The van der Waals surface area contributed by atoms with E-state index in [9.17, 15) is 13.2 Å². The molecule has 1 aromatic heterocycles. The normalized spacial score (nSPS) is 12.5. The summed E-state index contributed by atoms with van der Waals surface area (Å²) in [4.78, 5) is 9.17. The zero-order chi connectivity index (χ0) is 25.5. The molecule has 0 fully saturated rings. The summed E-state index contributed by atoms with van der Waals surface area (Å²) in [5.74, 6) is -2.14. The second-order valence-corrected chi connectivity index (χ2v) is 8.89. The van der Waals surface area contributed by atoms with Gasteiger partial charge in [0, 0.05) is 35.7 Å². The van der Waals surface area contributed by atoms with Crippen LogP contribution in [-0.4, -0.2) is 17.2 Å². The van der Waals surface area contributed by atoms with Gasteiger partial charge in [-0.1, -0.05) is 44.0 Å². The quantitative estimate of drug-likeness (QED) is 0.261. The monoisotopic (exact) mass is 502 g/mol. The van der Waals surface area contributed by atoms with Gasteiger partial charge in [0.1, 0.15) is 28.9 Å². The van der Waals surface area contributed by atoms with Gasteiger partial charge in [-0.25, -0.2) is 18.2 Å². The summed E-state index contributed by atoms with van der Waals surface area (Å²) in [5, 5.41) is 0.699. The third kappa shape index (κ3) is 6.85. The Balaban J connectivity index is 1.80. The SMILES string of the molecule is CCCC=C(CCN=C(C)c1nc(Cc2c(F)cc(F)cc2F)oc1CC)c1cc(Cl)ccc1C. The number of aromatic nitrogens is 1. The van der Waals surface area contributed by atoms with E-state index in [1.807, 2.05) is 32.0 Å². The molecule has 0 spiro atoms. The van der Waals surface area contributed by atoms with Crippen LogP contribution in [0.1, 0.15) is 74.1 Å². The van der Waals surface area contributed by atoms with E-state index in [1.165, 1.54) is 5.57 Å². The largest absolute Gasteiger partial charge is 0.445 e. The number of hydrogen-bond donors (Lipinski definition) is 0. The molecule has 0 unspecified atom stereocenters. The number of unbranched alkanes of at least 4 members (excludes halogenated alkanes) is 1. The molecule has 0 aliphatic carbocycles. The molecule has 0 aliphatic heterocycles. The van der Waals surface area contributed by atoms with E-state index < -0.39 is 17.5 Å². The number of allylic oxidation sites excluding steroid dienone is 1. The zero-order valence-electron chi connectivity index (χ0n) is 20.5. The molecule has 3 nitrogen and oxygen atoms in total. The van der Waals surface area contributed by atoms with E-state index in [1.54, 1.807) is 0 Å².